The molecular formula is C21H20N2O2. The van der Waals surface area contributed by atoms with E-state index >= 15 is 0 Å². The van der Waals surface area contributed by atoms with Crippen LogP contribution in [0.1, 0.15) is 23.0 Å². The zero-order valence-corrected chi connectivity index (χ0v) is 14.2. The third kappa shape index (κ3) is 2.80. The molecule has 4 heteroatoms. The van der Waals surface area contributed by atoms with Gasteiger partial charge in [-0.15, -0.1) is 0 Å². The van der Waals surface area contributed by atoms with E-state index in [0.29, 0.717) is 18.8 Å². The molecule has 4 rings (SSSR count). The maximum atomic E-state index is 12.6. The number of amides is 1. The monoisotopic (exact) mass is 332 g/mol. The second-order valence-corrected chi connectivity index (χ2v) is 6.08. The molecule has 1 amide bonds. The minimum absolute atomic E-state index is 0.0618. The standard InChI is InChI=1S/C21H20N2O2/c1-2-23-17(21(24)22-13-12-15-8-4-3-5-9-15)14-19-20(23)16-10-6-7-11-18(16)25-19/h3-11,14H,2,12-13H2,1H3,(H,22,24). The van der Waals surface area contributed by atoms with E-state index in [0.717, 1.165) is 28.5 Å². The summed E-state index contributed by atoms with van der Waals surface area (Å²) in [6, 6.07) is 19.9. The lowest BCUT2D eigenvalue weighted by atomic mass is 10.1. The van der Waals surface area contributed by atoms with E-state index in [9.17, 15) is 4.79 Å². The Kier molecular flexibility index (Phi) is 4.02. The molecule has 2 aromatic heterocycles. The number of fused-ring (bicyclic) bond motifs is 3. The zero-order chi connectivity index (χ0) is 17.2. The van der Waals surface area contributed by atoms with Crippen molar-refractivity contribution in [1.82, 2.24) is 9.88 Å². The Hall–Kier alpha value is -3.01. The van der Waals surface area contributed by atoms with Crippen LogP contribution < -0.4 is 5.32 Å². The molecule has 1 N–H and O–H groups in total. The smallest absolute Gasteiger partial charge is 0.268 e. The highest BCUT2D eigenvalue weighted by Gasteiger charge is 2.19. The largest absolute Gasteiger partial charge is 0.454 e. The van der Waals surface area contributed by atoms with Crippen molar-refractivity contribution in [2.45, 2.75) is 19.9 Å². The van der Waals surface area contributed by atoms with E-state index in [1.165, 1.54) is 5.56 Å². The molecule has 2 aromatic carbocycles. The highest BCUT2D eigenvalue weighted by atomic mass is 16.3. The SMILES string of the molecule is CCn1c(C(=O)NCCc2ccccc2)cc2oc3ccccc3c21. The first-order valence-corrected chi connectivity index (χ1v) is 8.61. The summed E-state index contributed by atoms with van der Waals surface area (Å²) >= 11 is 0. The fourth-order valence-corrected chi connectivity index (χ4v) is 3.32. The topological polar surface area (TPSA) is 47.2 Å². The molecule has 0 spiro atoms. The van der Waals surface area contributed by atoms with Crippen LogP contribution in [0, 0.1) is 0 Å². The summed E-state index contributed by atoms with van der Waals surface area (Å²) in [5, 5.41) is 4.06. The first-order valence-electron chi connectivity index (χ1n) is 8.61. The Morgan fingerprint density at radius 3 is 2.60 bits per heavy atom. The summed E-state index contributed by atoms with van der Waals surface area (Å²) < 4.78 is 7.93. The number of hydrogen-bond acceptors (Lipinski definition) is 2. The van der Waals surface area contributed by atoms with Gasteiger partial charge in [0.25, 0.3) is 5.91 Å². The number of nitrogens with one attached hydrogen (secondary N) is 1. The molecule has 0 aliphatic heterocycles. The van der Waals surface area contributed by atoms with E-state index in [-0.39, 0.29) is 5.91 Å². The summed E-state index contributed by atoms with van der Waals surface area (Å²) in [6.45, 7) is 3.37. The van der Waals surface area contributed by atoms with Crippen LogP contribution in [0.4, 0.5) is 0 Å². The molecule has 25 heavy (non-hydrogen) atoms. The Labute approximate surface area is 146 Å². The molecule has 0 aliphatic rings. The van der Waals surface area contributed by atoms with Gasteiger partial charge in [-0.25, -0.2) is 0 Å². The molecule has 0 saturated heterocycles. The molecule has 0 bridgehead atoms. The Bertz CT molecular complexity index is 1030. The maximum Gasteiger partial charge on any atom is 0.268 e. The van der Waals surface area contributed by atoms with Gasteiger partial charge in [-0.05, 0) is 31.0 Å². The molecule has 0 radical (unpaired) electrons. The van der Waals surface area contributed by atoms with Crippen LogP contribution in [-0.4, -0.2) is 17.0 Å². The van der Waals surface area contributed by atoms with Crippen LogP contribution in [-0.2, 0) is 13.0 Å². The number of aryl methyl sites for hydroxylation is 1. The zero-order valence-electron chi connectivity index (χ0n) is 14.2. The summed E-state index contributed by atoms with van der Waals surface area (Å²) in [7, 11) is 0. The van der Waals surface area contributed by atoms with Crippen molar-refractivity contribution >= 4 is 28.0 Å². The average molecular weight is 332 g/mol. The average Bonchev–Trinajstić information content (AvgIpc) is 3.18. The van der Waals surface area contributed by atoms with E-state index < -0.39 is 0 Å². The summed E-state index contributed by atoms with van der Waals surface area (Å²) in [5.41, 5.74) is 4.47. The second kappa shape index (κ2) is 6.48. The van der Waals surface area contributed by atoms with Gasteiger partial charge in [-0.2, -0.15) is 0 Å². The number of benzene rings is 2. The van der Waals surface area contributed by atoms with Gasteiger partial charge >= 0.3 is 0 Å². The van der Waals surface area contributed by atoms with Gasteiger partial charge in [0.05, 0.1) is 5.52 Å². The van der Waals surface area contributed by atoms with Gasteiger partial charge in [0.1, 0.15) is 11.3 Å². The highest BCUT2D eigenvalue weighted by molar-refractivity contribution is 6.07. The predicted octanol–water partition coefficient (Wildman–Crippen LogP) is 4.38. The normalized spacial score (nSPS) is 11.2. The predicted molar refractivity (Wildman–Crippen MR) is 99.9 cm³/mol. The van der Waals surface area contributed by atoms with Crippen molar-refractivity contribution in [3.8, 4) is 0 Å². The highest BCUT2D eigenvalue weighted by Crippen LogP contribution is 2.31. The molecule has 0 aliphatic carbocycles. The van der Waals surface area contributed by atoms with Crippen LogP contribution in [0.25, 0.3) is 22.1 Å². The summed E-state index contributed by atoms with van der Waals surface area (Å²) in [5.74, 6) is -0.0618. The minimum Gasteiger partial charge on any atom is -0.454 e. The maximum absolute atomic E-state index is 12.6. The van der Waals surface area contributed by atoms with Crippen LogP contribution in [0.15, 0.2) is 65.1 Å². The molecule has 126 valence electrons. The number of furan rings is 1. The molecule has 0 saturated carbocycles. The van der Waals surface area contributed by atoms with Crippen molar-refractivity contribution in [3.63, 3.8) is 0 Å². The number of para-hydroxylation sites is 1. The van der Waals surface area contributed by atoms with Crippen molar-refractivity contribution in [1.29, 1.82) is 0 Å². The molecule has 4 nitrogen and oxygen atoms in total. The van der Waals surface area contributed by atoms with Crippen LogP contribution in [0.5, 0.6) is 0 Å². The van der Waals surface area contributed by atoms with Crippen molar-refractivity contribution in [2.75, 3.05) is 6.54 Å². The second-order valence-electron chi connectivity index (χ2n) is 6.08. The third-order valence-electron chi connectivity index (χ3n) is 4.51. The number of carbonyl (C=O) groups excluding carboxylic acids is 1. The van der Waals surface area contributed by atoms with Crippen LogP contribution >= 0.6 is 0 Å². The summed E-state index contributed by atoms with van der Waals surface area (Å²) in [4.78, 5) is 12.6. The first-order chi connectivity index (χ1) is 12.3. The van der Waals surface area contributed by atoms with Gasteiger partial charge in [0.2, 0.25) is 0 Å². The summed E-state index contributed by atoms with van der Waals surface area (Å²) in [6.07, 6.45) is 0.818. The van der Waals surface area contributed by atoms with E-state index in [1.807, 2.05) is 60.0 Å². The number of nitrogens with zero attached hydrogens (tertiary/aromatic N) is 1. The van der Waals surface area contributed by atoms with Gasteiger partial charge < -0.3 is 14.3 Å². The molecular weight excluding hydrogens is 312 g/mol. The van der Waals surface area contributed by atoms with E-state index in [2.05, 4.69) is 17.4 Å². The minimum atomic E-state index is -0.0618. The Morgan fingerprint density at radius 2 is 1.80 bits per heavy atom. The van der Waals surface area contributed by atoms with E-state index in [4.69, 9.17) is 4.42 Å². The lowest BCUT2D eigenvalue weighted by Crippen LogP contribution is -2.27. The fourth-order valence-electron chi connectivity index (χ4n) is 3.32. The van der Waals surface area contributed by atoms with Crippen molar-refractivity contribution < 1.29 is 9.21 Å². The lowest BCUT2D eigenvalue weighted by Gasteiger charge is -2.09. The molecule has 4 aromatic rings. The fraction of sp³-hybridized carbons (Fsp3) is 0.190. The van der Waals surface area contributed by atoms with Gasteiger partial charge in [-0.1, -0.05) is 42.5 Å². The van der Waals surface area contributed by atoms with Crippen molar-refractivity contribution in [2.24, 2.45) is 0 Å². The quantitative estimate of drug-likeness (QED) is 0.589. The first kappa shape index (κ1) is 15.5. The molecule has 0 atom stereocenters. The van der Waals surface area contributed by atoms with Gasteiger partial charge in [-0.3, -0.25) is 4.79 Å². The van der Waals surface area contributed by atoms with Gasteiger partial charge in [0, 0.05) is 24.5 Å². The molecule has 0 unspecified atom stereocenters. The molecule has 2 heterocycles. The Morgan fingerprint density at radius 1 is 1.04 bits per heavy atom. The number of rotatable bonds is 5. The number of hydrogen-bond donors (Lipinski definition) is 1. The van der Waals surface area contributed by atoms with Gasteiger partial charge in [0.15, 0.2) is 5.58 Å². The Balaban J connectivity index is 1.59. The number of aromatic nitrogens is 1. The molecule has 0 fully saturated rings. The number of carbonyl (C=O) groups is 1. The third-order valence-corrected chi connectivity index (χ3v) is 4.51. The van der Waals surface area contributed by atoms with Crippen molar-refractivity contribution in [3.05, 3.63) is 71.9 Å². The lowest BCUT2D eigenvalue weighted by molar-refractivity contribution is 0.0945. The van der Waals surface area contributed by atoms with Crippen LogP contribution in [0.2, 0.25) is 0 Å². The van der Waals surface area contributed by atoms with E-state index in [1.54, 1.807) is 0 Å². The van der Waals surface area contributed by atoms with Crippen LogP contribution in [0.3, 0.4) is 0 Å².